The third-order valence-corrected chi connectivity index (χ3v) is 2.30. The zero-order valence-electron chi connectivity index (χ0n) is 10.1. The lowest BCUT2D eigenvalue weighted by molar-refractivity contribution is 0.134. The number of hydrogen-bond acceptors (Lipinski definition) is 2. The molecule has 2 heteroatoms. The van der Waals surface area contributed by atoms with Crippen molar-refractivity contribution in [2.75, 3.05) is 6.54 Å². The van der Waals surface area contributed by atoms with Crippen LogP contribution >= 0.6 is 0 Å². The molecule has 0 unspecified atom stereocenters. The third kappa shape index (κ3) is 5.10. The van der Waals surface area contributed by atoms with Crippen LogP contribution in [-0.4, -0.2) is 17.3 Å². The van der Waals surface area contributed by atoms with E-state index >= 15 is 0 Å². The van der Waals surface area contributed by atoms with Crippen LogP contribution in [0.25, 0.3) is 6.08 Å². The van der Waals surface area contributed by atoms with Crippen molar-refractivity contribution < 1.29 is 5.11 Å². The quantitative estimate of drug-likeness (QED) is 0.798. The Labute approximate surface area is 97.8 Å². The van der Waals surface area contributed by atoms with Gasteiger partial charge in [0.05, 0.1) is 5.60 Å². The van der Waals surface area contributed by atoms with Gasteiger partial charge in [-0.05, 0) is 44.4 Å². The molecule has 0 bridgehead atoms. The molecular weight excluding hydrogens is 198 g/mol. The van der Waals surface area contributed by atoms with Crippen LogP contribution in [0.4, 0.5) is 0 Å². The molecule has 0 aliphatic heterocycles. The molecule has 2 nitrogen and oxygen atoms in total. The average Bonchev–Trinajstić information content (AvgIpc) is 2.23. The molecule has 0 aromatic heterocycles. The van der Waals surface area contributed by atoms with Gasteiger partial charge in [-0.3, -0.25) is 0 Å². The maximum absolute atomic E-state index is 9.59. The summed E-state index contributed by atoms with van der Waals surface area (Å²) < 4.78 is 0. The normalized spacial score (nSPS) is 12.2. The summed E-state index contributed by atoms with van der Waals surface area (Å²) in [5.74, 6) is 0. The van der Waals surface area contributed by atoms with Gasteiger partial charge in [0.25, 0.3) is 0 Å². The van der Waals surface area contributed by atoms with Gasteiger partial charge in [-0.15, -0.1) is 0 Å². The lowest BCUT2D eigenvalue weighted by Crippen LogP contribution is -2.13. The van der Waals surface area contributed by atoms with Crippen LogP contribution in [0.3, 0.4) is 0 Å². The van der Waals surface area contributed by atoms with Crippen LogP contribution in [0.2, 0.25) is 0 Å². The number of aryl methyl sites for hydroxylation is 1. The Morgan fingerprint density at radius 3 is 2.75 bits per heavy atom. The maximum atomic E-state index is 9.59. The molecule has 0 atom stereocenters. The minimum absolute atomic E-state index is 0.726. The third-order valence-electron chi connectivity index (χ3n) is 2.30. The van der Waals surface area contributed by atoms with E-state index in [1.807, 2.05) is 18.2 Å². The second-order valence-corrected chi connectivity index (χ2v) is 4.62. The molecule has 1 aromatic rings. The molecule has 3 N–H and O–H groups in total. The average molecular weight is 219 g/mol. The van der Waals surface area contributed by atoms with Crippen LogP contribution in [0.1, 0.15) is 31.4 Å². The zero-order valence-corrected chi connectivity index (χ0v) is 10.1. The molecule has 0 saturated heterocycles. The van der Waals surface area contributed by atoms with E-state index in [1.165, 1.54) is 5.56 Å². The first-order chi connectivity index (χ1) is 7.51. The minimum atomic E-state index is -0.757. The van der Waals surface area contributed by atoms with Gasteiger partial charge >= 0.3 is 0 Å². The van der Waals surface area contributed by atoms with Crippen molar-refractivity contribution in [2.24, 2.45) is 5.73 Å². The van der Waals surface area contributed by atoms with E-state index in [2.05, 4.69) is 12.1 Å². The van der Waals surface area contributed by atoms with Crippen LogP contribution in [0.15, 0.2) is 30.3 Å². The van der Waals surface area contributed by atoms with Crippen molar-refractivity contribution in [1.29, 1.82) is 0 Å². The predicted molar refractivity (Wildman–Crippen MR) is 69.1 cm³/mol. The van der Waals surface area contributed by atoms with Crippen molar-refractivity contribution in [3.05, 3.63) is 41.5 Å². The zero-order chi connectivity index (χ0) is 12.0. The van der Waals surface area contributed by atoms with Gasteiger partial charge in [0.15, 0.2) is 0 Å². The van der Waals surface area contributed by atoms with Gasteiger partial charge in [0.2, 0.25) is 0 Å². The number of rotatable bonds is 5. The Hall–Kier alpha value is -1.12. The topological polar surface area (TPSA) is 46.2 Å². The van der Waals surface area contributed by atoms with Crippen LogP contribution in [0.5, 0.6) is 0 Å². The Morgan fingerprint density at radius 2 is 2.12 bits per heavy atom. The van der Waals surface area contributed by atoms with Crippen molar-refractivity contribution >= 4 is 6.08 Å². The molecule has 88 valence electrons. The van der Waals surface area contributed by atoms with Crippen molar-refractivity contribution in [1.82, 2.24) is 0 Å². The fourth-order valence-corrected chi connectivity index (χ4v) is 1.46. The molecule has 1 rings (SSSR count). The number of benzene rings is 1. The highest BCUT2D eigenvalue weighted by atomic mass is 16.3. The molecule has 0 fully saturated rings. The molecule has 16 heavy (non-hydrogen) atoms. The smallest absolute Gasteiger partial charge is 0.0774 e. The molecule has 1 aromatic carbocycles. The van der Waals surface area contributed by atoms with E-state index in [9.17, 15) is 5.11 Å². The lowest BCUT2D eigenvalue weighted by atomic mass is 10.0. The molecule has 0 amide bonds. The SMILES string of the molecule is CC(C)(O)/C=C/c1cccc(CCCN)c1. The fourth-order valence-electron chi connectivity index (χ4n) is 1.46. The largest absolute Gasteiger partial charge is 0.386 e. The Bertz CT molecular complexity index is 350. The molecule has 0 heterocycles. The maximum Gasteiger partial charge on any atom is 0.0774 e. The Balaban J connectivity index is 2.71. The van der Waals surface area contributed by atoms with E-state index in [1.54, 1.807) is 19.9 Å². The monoisotopic (exact) mass is 219 g/mol. The van der Waals surface area contributed by atoms with Crippen molar-refractivity contribution in [3.63, 3.8) is 0 Å². The molecule has 0 spiro atoms. The van der Waals surface area contributed by atoms with Gasteiger partial charge in [-0.2, -0.15) is 0 Å². The second-order valence-electron chi connectivity index (χ2n) is 4.62. The Kier molecular flexibility index (Phi) is 4.71. The molecule has 0 saturated carbocycles. The summed E-state index contributed by atoms with van der Waals surface area (Å²) in [5.41, 5.74) is 7.14. The first kappa shape index (κ1) is 12.9. The molecule has 0 aliphatic rings. The van der Waals surface area contributed by atoms with Crippen LogP contribution < -0.4 is 5.73 Å². The van der Waals surface area contributed by atoms with E-state index in [0.717, 1.165) is 24.9 Å². The lowest BCUT2D eigenvalue weighted by Gasteiger charge is -2.10. The van der Waals surface area contributed by atoms with E-state index in [0.29, 0.717) is 0 Å². The minimum Gasteiger partial charge on any atom is -0.386 e. The summed E-state index contributed by atoms with van der Waals surface area (Å²) in [5, 5.41) is 9.59. The molecular formula is C14H21NO. The highest BCUT2D eigenvalue weighted by Gasteiger charge is 2.05. The van der Waals surface area contributed by atoms with Gasteiger partial charge in [-0.25, -0.2) is 0 Å². The molecule has 0 aliphatic carbocycles. The summed E-state index contributed by atoms with van der Waals surface area (Å²) in [6.07, 6.45) is 5.78. The highest BCUT2D eigenvalue weighted by molar-refractivity contribution is 5.51. The van der Waals surface area contributed by atoms with Gasteiger partial charge in [0, 0.05) is 0 Å². The summed E-state index contributed by atoms with van der Waals surface area (Å²) in [4.78, 5) is 0. The van der Waals surface area contributed by atoms with Gasteiger partial charge in [-0.1, -0.05) is 36.4 Å². The van der Waals surface area contributed by atoms with Crippen molar-refractivity contribution in [3.8, 4) is 0 Å². The summed E-state index contributed by atoms with van der Waals surface area (Å²) >= 11 is 0. The van der Waals surface area contributed by atoms with Gasteiger partial charge in [0.1, 0.15) is 0 Å². The Morgan fingerprint density at radius 1 is 1.38 bits per heavy atom. The number of nitrogens with two attached hydrogens (primary N) is 1. The van der Waals surface area contributed by atoms with Gasteiger partial charge < -0.3 is 10.8 Å². The molecule has 0 radical (unpaired) electrons. The first-order valence-electron chi connectivity index (χ1n) is 5.72. The number of hydrogen-bond donors (Lipinski definition) is 2. The van der Waals surface area contributed by atoms with E-state index in [4.69, 9.17) is 5.73 Å². The summed E-state index contributed by atoms with van der Waals surface area (Å²) in [6.45, 7) is 4.26. The van der Waals surface area contributed by atoms with Crippen LogP contribution in [0, 0.1) is 0 Å². The summed E-state index contributed by atoms with van der Waals surface area (Å²) in [6, 6.07) is 8.32. The highest BCUT2D eigenvalue weighted by Crippen LogP contribution is 2.12. The fraction of sp³-hybridized carbons (Fsp3) is 0.429. The predicted octanol–water partition coefficient (Wildman–Crippen LogP) is 2.36. The standard InChI is InChI=1S/C14H21NO/c1-14(2,16)9-8-13-6-3-5-12(11-13)7-4-10-15/h3,5-6,8-9,11,16H,4,7,10,15H2,1-2H3/b9-8+. The van der Waals surface area contributed by atoms with Crippen LogP contribution in [-0.2, 0) is 6.42 Å². The second kappa shape index (κ2) is 5.83. The summed E-state index contributed by atoms with van der Waals surface area (Å²) in [7, 11) is 0. The van der Waals surface area contributed by atoms with E-state index in [-0.39, 0.29) is 0 Å². The van der Waals surface area contributed by atoms with E-state index < -0.39 is 5.60 Å². The van der Waals surface area contributed by atoms with Crippen molar-refractivity contribution in [2.45, 2.75) is 32.3 Å². The number of aliphatic hydroxyl groups is 1. The first-order valence-corrected chi connectivity index (χ1v) is 5.72.